The highest BCUT2D eigenvalue weighted by Gasteiger charge is 2.44. The van der Waals surface area contributed by atoms with Gasteiger partial charge in [-0.2, -0.15) is 0 Å². The summed E-state index contributed by atoms with van der Waals surface area (Å²) in [5.74, 6) is 0. The lowest BCUT2D eigenvalue weighted by Gasteiger charge is -2.31. The normalized spacial score (nSPS) is 14.8. The molecule has 3 aliphatic carbocycles. The molecule has 0 aromatic heterocycles. The molecule has 0 atom stereocenters. The van der Waals surface area contributed by atoms with Crippen LogP contribution < -0.4 is 0 Å². The van der Waals surface area contributed by atoms with Crippen LogP contribution in [-0.2, 0) is 16.2 Å². The molecule has 0 N–H and O–H groups in total. The van der Waals surface area contributed by atoms with E-state index in [9.17, 15) is 0 Å². The van der Waals surface area contributed by atoms with E-state index in [0.29, 0.717) is 0 Å². The fourth-order valence-electron chi connectivity index (χ4n) is 16.5. The van der Waals surface area contributed by atoms with Crippen LogP contribution in [0.15, 0.2) is 218 Å². The zero-order valence-electron chi connectivity index (χ0n) is 46.5. The summed E-state index contributed by atoms with van der Waals surface area (Å²) in [6.45, 7) is 14.3. The maximum atomic E-state index is 2.60. The number of hydrogen-bond donors (Lipinski definition) is 0. The summed E-state index contributed by atoms with van der Waals surface area (Å²) in [5.41, 5.74) is 27.5. The predicted octanol–water partition coefficient (Wildman–Crippen LogP) is 22.2. The zero-order valence-corrected chi connectivity index (χ0v) is 46.5. The predicted molar refractivity (Wildman–Crippen MR) is 339 cm³/mol. The van der Waals surface area contributed by atoms with Crippen LogP contribution in [0.1, 0.15) is 113 Å². The molecule has 382 valence electrons. The lowest BCUT2D eigenvalue weighted by atomic mass is 9.72. The minimum Gasteiger partial charge on any atom is -0.0642 e. The van der Waals surface area contributed by atoms with E-state index in [1.165, 1.54) is 154 Å². The van der Waals surface area contributed by atoms with Crippen LogP contribution in [0.4, 0.5) is 0 Å². The standard InChI is InChI=1S/C79H66/c1-7-77(8-2)67-35-23-21-25-53(67)55-41-37-49(45-69(55)77)50-38-42-57-58-44-40-52(48-72(58)79(11-5,12-6)70(57)46-50)74-61-29-15-19-33-65(61)76(66-34-20-16-30-62(66)74)75-63-31-17-13-27-59(63)73(60-28-14-18-32-64(60)75)51-39-43-56-54-26-22-24-36-68(54)78(9-3,10-4)71(56)47-51/h13-48H,7-12H2,1-6H3. The molecule has 0 spiro atoms. The topological polar surface area (TPSA) is 0 Å². The summed E-state index contributed by atoms with van der Waals surface area (Å²) < 4.78 is 0. The molecule has 0 aliphatic heterocycles. The Kier molecular flexibility index (Phi) is 10.8. The van der Waals surface area contributed by atoms with Gasteiger partial charge in [0.05, 0.1) is 0 Å². The molecule has 0 heteroatoms. The molecule has 0 saturated carbocycles. The lowest BCUT2D eigenvalue weighted by Crippen LogP contribution is -2.23. The van der Waals surface area contributed by atoms with Crippen LogP contribution >= 0.6 is 0 Å². The van der Waals surface area contributed by atoms with Crippen LogP contribution in [0.3, 0.4) is 0 Å². The summed E-state index contributed by atoms with van der Waals surface area (Å²) in [6.07, 6.45) is 6.37. The third-order valence-electron chi connectivity index (χ3n) is 20.5. The fraction of sp³-hybridized carbons (Fsp3) is 0.190. The number of fused-ring (bicyclic) bond motifs is 13. The average Bonchev–Trinajstić information content (AvgIpc) is 4.32. The largest absolute Gasteiger partial charge is 0.0642 e. The van der Waals surface area contributed by atoms with Crippen molar-refractivity contribution >= 4 is 43.1 Å². The minimum absolute atomic E-state index is 0.0116. The van der Waals surface area contributed by atoms with Gasteiger partial charge in [-0.3, -0.25) is 0 Å². The molecule has 0 unspecified atom stereocenters. The van der Waals surface area contributed by atoms with E-state index in [1.807, 2.05) is 0 Å². The van der Waals surface area contributed by atoms with E-state index in [0.717, 1.165) is 38.5 Å². The summed E-state index contributed by atoms with van der Waals surface area (Å²) in [6, 6.07) is 84.9. The van der Waals surface area contributed by atoms with Crippen LogP contribution in [0.25, 0.3) is 121 Å². The zero-order chi connectivity index (χ0) is 53.4. The monoisotopic (exact) mass is 1010 g/mol. The highest BCUT2D eigenvalue weighted by molar-refractivity contribution is 6.30. The van der Waals surface area contributed by atoms with Gasteiger partial charge in [0.1, 0.15) is 0 Å². The van der Waals surface area contributed by atoms with E-state index < -0.39 is 0 Å². The Labute approximate surface area is 466 Å². The summed E-state index contributed by atoms with van der Waals surface area (Å²) in [4.78, 5) is 0. The molecule has 0 radical (unpaired) electrons. The molecule has 0 fully saturated rings. The van der Waals surface area contributed by atoms with Gasteiger partial charge in [-0.15, -0.1) is 0 Å². The van der Waals surface area contributed by atoms with E-state index in [4.69, 9.17) is 0 Å². The van der Waals surface area contributed by atoms with E-state index in [2.05, 4.69) is 260 Å². The van der Waals surface area contributed by atoms with Crippen molar-refractivity contribution in [3.8, 4) is 77.9 Å². The molecular weight excluding hydrogens is 949 g/mol. The van der Waals surface area contributed by atoms with Crippen molar-refractivity contribution in [3.63, 3.8) is 0 Å². The second kappa shape index (κ2) is 17.9. The molecule has 3 aliphatic rings. The molecule has 12 aromatic rings. The van der Waals surface area contributed by atoms with Crippen molar-refractivity contribution in [1.82, 2.24) is 0 Å². The number of hydrogen-bond acceptors (Lipinski definition) is 0. The molecule has 0 amide bonds. The van der Waals surface area contributed by atoms with Gasteiger partial charge >= 0.3 is 0 Å². The Bertz CT molecular complexity index is 4390. The highest BCUT2D eigenvalue weighted by atomic mass is 14.5. The molecule has 0 saturated heterocycles. The first-order valence-corrected chi connectivity index (χ1v) is 29.5. The van der Waals surface area contributed by atoms with Crippen LogP contribution in [0, 0.1) is 0 Å². The lowest BCUT2D eigenvalue weighted by molar-refractivity contribution is 0.490. The maximum Gasteiger partial charge on any atom is 0.0210 e. The maximum absolute atomic E-state index is 2.60. The van der Waals surface area contributed by atoms with Gasteiger partial charge in [-0.05, 0) is 217 Å². The molecule has 0 heterocycles. The third kappa shape index (κ3) is 6.38. The Morgan fingerprint density at radius 3 is 0.709 bits per heavy atom. The molecule has 12 aromatic carbocycles. The van der Waals surface area contributed by atoms with E-state index in [1.54, 1.807) is 0 Å². The summed E-state index contributed by atoms with van der Waals surface area (Å²) >= 11 is 0. The first kappa shape index (κ1) is 47.9. The second-order valence-electron chi connectivity index (χ2n) is 23.2. The quantitative estimate of drug-likeness (QED) is 0.120. The first-order valence-electron chi connectivity index (χ1n) is 29.5. The Morgan fingerprint density at radius 2 is 0.418 bits per heavy atom. The van der Waals surface area contributed by atoms with Gasteiger partial charge in [-0.25, -0.2) is 0 Å². The minimum atomic E-state index is -0.122. The molecule has 0 bridgehead atoms. The Morgan fingerprint density at radius 1 is 0.203 bits per heavy atom. The average molecular weight is 1020 g/mol. The smallest absolute Gasteiger partial charge is 0.0210 e. The van der Waals surface area contributed by atoms with Gasteiger partial charge in [0, 0.05) is 16.2 Å². The van der Waals surface area contributed by atoms with Crippen molar-refractivity contribution in [2.75, 3.05) is 0 Å². The van der Waals surface area contributed by atoms with Gasteiger partial charge in [0.25, 0.3) is 0 Å². The van der Waals surface area contributed by atoms with Gasteiger partial charge in [-0.1, -0.05) is 236 Å². The SMILES string of the molecule is CCC1(CC)c2ccccc2-c2ccc(-c3ccc4c(c3)C(CC)(CC)c3cc(-c5c6ccccc6c(-c6c7ccccc7c(-c7ccc8c(c7)C(CC)(CC)c7ccccc7-8)c7ccccc67)c6ccccc56)ccc3-4)cc21. The van der Waals surface area contributed by atoms with Crippen molar-refractivity contribution < 1.29 is 0 Å². The van der Waals surface area contributed by atoms with Gasteiger partial charge in [0.2, 0.25) is 0 Å². The Balaban J connectivity index is 0.898. The summed E-state index contributed by atoms with van der Waals surface area (Å²) in [7, 11) is 0. The van der Waals surface area contributed by atoms with E-state index in [-0.39, 0.29) is 16.2 Å². The van der Waals surface area contributed by atoms with Crippen molar-refractivity contribution in [2.45, 2.75) is 96.3 Å². The second-order valence-corrected chi connectivity index (χ2v) is 23.2. The number of rotatable bonds is 10. The molecule has 0 nitrogen and oxygen atoms in total. The van der Waals surface area contributed by atoms with Crippen molar-refractivity contribution in [1.29, 1.82) is 0 Å². The third-order valence-corrected chi connectivity index (χ3v) is 20.5. The molecular formula is C79H66. The van der Waals surface area contributed by atoms with Crippen molar-refractivity contribution in [3.05, 3.63) is 252 Å². The van der Waals surface area contributed by atoms with Gasteiger partial charge in [0.15, 0.2) is 0 Å². The fourth-order valence-corrected chi connectivity index (χ4v) is 16.5. The molecule has 79 heavy (non-hydrogen) atoms. The molecule has 15 rings (SSSR count). The number of benzene rings is 12. The van der Waals surface area contributed by atoms with Crippen LogP contribution in [0.2, 0.25) is 0 Å². The van der Waals surface area contributed by atoms with Crippen LogP contribution in [-0.4, -0.2) is 0 Å². The first-order chi connectivity index (χ1) is 38.9. The highest BCUT2D eigenvalue weighted by Crippen LogP contribution is 2.59. The Hall–Kier alpha value is -8.32. The van der Waals surface area contributed by atoms with Crippen molar-refractivity contribution in [2.24, 2.45) is 0 Å². The van der Waals surface area contributed by atoms with E-state index >= 15 is 0 Å². The summed E-state index contributed by atoms with van der Waals surface area (Å²) in [5, 5.41) is 10.3. The van der Waals surface area contributed by atoms with Gasteiger partial charge < -0.3 is 0 Å². The van der Waals surface area contributed by atoms with Crippen LogP contribution in [0.5, 0.6) is 0 Å².